The van der Waals surface area contributed by atoms with Gasteiger partial charge in [0.25, 0.3) is 0 Å². The molecule has 0 spiro atoms. The van der Waals surface area contributed by atoms with Crippen molar-refractivity contribution < 1.29 is 9.59 Å². The fraction of sp³-hybridized carbons (Fsp3) is 0.118. The van der Waals surface area contributed by atoms with E-state index in [2.05, 4.69) is 4.99 Å². The maximum atomic E-state index is 12.8. The molecule has 1 unspecified atom stereocenters. The monoisotopic (exact) mass is 329 g/mol. The molecule has 5 heteroatoms. The van der Waals surface area contributed by atoms with Crippen LogP contribution < -0.4 is 0 Å². The lowest BCUT2D eigenvalue weighted by Gasteiger charge is -2.22. The molecule has 2 aromatic rings. The van der Waals surface area contributed by atoms with Gasteiger partial charge in [0.2, 0.25) is 0 Å². The summed E-state index contributed by atoms with van der Waals surface area (Å²) in [5.74, 6) is -1.36. The summed E-state index contributed by atoms with van der Waals surface area (Å²) in [5.41, 5.74) is 1.36. The normalized spacial score (nSPS) is 16.9. The molecular weight excluding hydrogens is 318 g/mol. The quantitative estimate of drug-likeness (QED) is 0.605. The van der Waals surface area contributed by atoms with Gasteiger partial charge in [-0.25, -0.2) is 4.99 Å². The number of carbonyl (C=O) groups excluding carboxylic acids is 2. The van der Waals surface area contributed by atoms with Crippen LogP contribution in [0.2, 0.25) is 5.02 Å². The predicted octanol–water partition coefficient (Wildman–Crippen LogP) is 4.43. The molecule has 3 rings (SSSR count). The van der Waals surface area contributed by atoms with E-state index in [1.165, 1.54) is 11.8 Å². The first kappa shape index (κ1) is 15.0. The summed E-state index contributed by atoms with van der Waals surface area (Å²) >= 11 is 7.42. The van der Waals surface area contributed by atoms with E-state index in [-0.39, 0.29) is 11.6 Å². The van der Waals surface area contributed by atoms with Gasteiger partial charge in [-0.2, -0.15) is 0 Å². The molecule has 0 N–H and O–H groups in total. The highest BCUT2D eigenvalue weighted by molar-refractivity contribution is 8.13. The SMILES string of the molecule is CSC1=Nc2c(Cl)cccc2C(=O)C1C(=O)c1ccccc1. The summed E-state index contributed by atoms with van der Waals surface area (Å²) in [7, 11) is 0. The summed E-state index contributed by atoms with van der Waals surface area (Å²) in [4.78, 5) is 30.0. The van der Waals surface area contributed by atoms with Crippen LogP contribution in [0, 0.1) is 5.92 Å². The highest BCUT2D eigenvalue weighted by Crippen LogP contribution is 2.37. The van der Waals surface area contributed by atoms with Crippen LogP contribution in [0.3, 0.4) is 0 Å². The van der Waals surface area contributed by atoms with Crippen LogP contribution in [0.4, 0.5) is 5.69 Å². The molecular formula is C17H12ClNO2S. The lowest BCUT2D eigenvalue weighted by Crippen LogP contribution is -2.33. The Morgan fingerprint density at radius 2 is 1.86 bits per heavy atom. The van der Waals surface area contributed by atoms with E-state index in [0.29, 0.717) is 26.9 Å². The highest BCUT2D eigenvalue weighted by atomic mass is 35.5. The van der Waals surface area contributed by atoms with E-state index in [1.54, 1.807) is 48.7 Å². The Morgan fingerprint density at radius 3 is 2.55 bits per heavy atom. The Hall–Kier alpha value is -1.91. The van der Waals surface area contributed by atoms with Crippen LogP contribution in [0.15, 0.2) is 53.5 Å². The minimum atomic E-state index is -0.886. The second-order valence-electron chi connectivity index (χ2n) is 4.82. The number of benzene rings is 2. The molecule has 0 aliphatic carbocycles. The van der Waals surface area contributed by atoms with Crippen LogP contribution in [-0.2, 0) is 0 Å². The van der Waals surface area contributed by atoms with E-state index in [1.807, 2.05) is 6.07 Å². The number of hydrogen-bond donors (Lipinski definition) is 0. The predicted molar refractivity (Wildman–Crippen MR) is 90.7 cm³/mol. The molecule has 0 saturated carbocycles. The molecule has 110 valence electrons. The molecule has 1 atom stereocenters. The average molecular weight is 330 g/mol. The van der Waals surface area contributed by atoms with Crippen LogP contribution in [-0.4, -0.2) is 22.9 Å². The number of thioether (sulfide) groups is 1. The van der Waals surface area contributed by atoms with Crippen molar-refractivity contribution in [3.63, 3.8) is 0 Å². The van der Waals surface area contributed by atoms with Gasteiger partial charge in [-0.15, -0.1) is 11.8 Å². The molecule has 22 heavy (non-hydrogen) atoms. The van der Waals surface area contributed by atoms with Crippen LogP contribution in [0.5, 0.6) is 0 Å². The average Bonchev–Trinajstić information content (AvgIpc) is 2.55. The van der Waals surface area contributed by atoms with E-state index in [0.717, 1.165) is 0 Å². The number of hydrogen-bond acceptors (Lipinski definition) is 4. The topological polar surface area (TPSA) is 46.5 Å². The zero-order valence-electron chi connectivity index (χ0n) is 11.7. The van der Waals surface area contributed by atoms with Crippen molar-refractivity contribution in [3.05, 3.63) is 64.7 Å². The van der Waals surface area contributed by atoms with E-state index in [4.69, 9.17) is 11.6 Å². The third kappa shape index (κ3) is 2.49. The van der Waals surface area contributed by atoms with Gasteiger partial charge < -0.3 is 0 Å². The van der Waals surface area contributed by atoms with Crippen molar-refractivity contribution in [1.29, 1.82) is 0 Å². The molecule has 0 fully saturated rings. The van der Waals surface area contributed by atoms with Crippen molar-refractivity contribution in [2.45, 2.75) is 0 Å². The van der Waals surface area contributed by atoms with Crippen molar-refractivity contribution >= 4 is 45.7 Å². The molecule has 1 aliphatic heterocycles. The molecule has 3 nitrogen and oxygen atoms in total. The summed E-state index contributed by atoms with van der Waals surface area (Å²) in [6, 6.07) is 13.9. The minimum Gasteiger partial charge on any atom is -0.293 e. The smallest absolute Gasteiger partial charge is 0.182 e. The fourth-order valence-corrected chi connectivity index (χ4v) is 3.28. The summed E-state index contributed by atoms with van der Waals surface area (Å²) in [6.07, 6.45) is 1.80. The van der Waals surface area contributed by atoms with Crippen molar-refractivity contribution in [1.82, 2.24) is 0 Å². The molecule has 2 aromatic carbocycles. The van der Waals surface area contributed by atoms with Gasteiger partial charge in [0.05, 0.1) is 15.8 Å². The maximum Gasteiger partial charge on any atom is 0.182 e. The summed E-state index contributed by atoms with van der Waals surface area (Å²) in [6.45, 7) is 0. The van der Waals surface area contributed by atoms with Gasteiger partial charge in [0, 0.05) is 11.1 Å². The Kier molecular flexibility index (Phi) is 4.14. The fourth-order valence-electron chi connectivity index (χ4n) is 2.43. The first-order valence-electron chi connectivity index (χ1n) is 6.68. The number of Topliss-reactive ketones (excluding diaryl/α,β-unsaturated/α-hetero) is 2. The second-order valence-corrected chi connectivity index (χ2v) is 6.05. The van der Waals surface area contributed by atoms with E-state index < -0.39 is 5.92 Å². The van der Waals surface area contributed by atoms with Crippen molar-refractivity contribution in [2.75, 3.05) is 6.26 Å². The van der Waals surface area contributed by atoms with Crippen LogP contribution in [0.25, 0.3) is 0 Å². The zero-order chi connectivity index (χ0) is 15.7. The molecule has 0 amide bonds. The van der Waals surface area contributed by atoms with Gasteiger partial charge >= 0.3 is 0 Å². The molecule has 0 saturated heterocycles. The number of halogens is 1. The number of para-hydroxylation sites is 1. The minimum absolute atomic E-state index is 0.232. The Bertz CT molecular complexity index is 787. The first-order valence-corrected chi connectivity index (χ1v) is 8.28. The largest absolute Gasteiger partial charge is 0.293 e. The number of ketones is 2. The van der Waals surface area contributed by atoms with Crippen LogP contribution >= 0.6 is 23.4 Å². The number of rotatable bonds is 2. The second kappa shape index (κ2) is 6.07. The number of aliphatic imine (C=N–C) groups is 1. The molecule has 0 bridgehead atoms. The van der Waals surface area contributed by atoms with Gasteiger partial charge in [-0.1, -0.05) is 48.0 Å². The molecule has 1 aliphatic rings. The van der Waals surface area contributed by atoms with E-state index >= 15 is 0 Å². The summed E-state index contributed by atoms with van der Waals surface area (Å²) < 4.78 is 0. The molecule has 0 aromatic heterocycles. The standard InChI is InChI=1S/C17H12ClNO2S/c1-22-17-13(15(20)10-6-3-2-4-7-10)16(21)11-8-5-9-12(18)14(11)19-17/h2-9,13H,1H3. The number of fused-ring (bicyclic) bond motifs is 1. The third-order valence-corrected chi connectivity index (χ3v) is 4.56. The van der Waals surface area contributed by atoms with Gasteiger partial charge in [0.15, 0.2) is 11.6 Å². The molecule has 1 heterocycles. The number of nitrogens with zero attached hydrogens (tertiary/aromatic N) is 1. The number of carbonyl (C=O) groups is 2. The highest BCUT2D eigenvalue weighted by Gasteiger charge is 2.37. The molecule has 0 radical (unpaired) electrons. The van der Waals surface area contributed by atoms with Gasteiger partial charge in [-0.3, -0.25) is 9.59 Å². The van der Waals surface area contributed by atoms with E-state index in [9.17, 15) is 9.59 Å². The van der Waals surface area contributed by atoms with Crippen LogP contribution in [0.1, 0.15) is 20.7 Å². The van der Waals surface area contributed by atoms with Crippen molar-refractivity contribution in [2.24, 2.45) is 10.9 Å². The lowest BCUT2D eigenvalue weighted by atomic mass is 9.88. The zero-order valence-corrected chi connectivity index (χ0v) is 13.3. The maximum absolute atomic E-state index is 12.8. The summed E-state index contributed by atoms with van der Waals surface area (Å²) in [5, 5.41) is 0.905. The lowest BCUT2D eigenvalue weighted by molar-refractivity contribution is 0.0854. The Labute approximate surface area is 137 Å². The third-order valence-electron chi connectivity index (χ3n) is 3.51. The van der Waals surface area contributed by atoms with Gasteiger partial charge in [-0.05, 0) is 18.4 Å². The van der Waals surface area contributed by atoms with Gasteiger partial charge in [0.1, 0.15) is 5.92 Å². The Balaban J connectivity index is 2.10. The Morgan fingerprint density at radius 1 is 1.14 bits per heavy atom. The first-order chi connectivity index (χ1) is 10.6. The van der Waals surface area contributed by atoms with Crippen molar-refractivity contribution in [3.8, 4) is 0 Å².